The fourth-order valence-corrected chi connectivity index (χ4v) is 2.13. The van der Waals surface area contributed by atoms with Crippen LogP contribution in [0.4, 0.5) is 5.13 Å². The molecule has 0 bridgehead atoms. The number of aryl methyl sites for hydroxylation is 3. The summed E-state index contributed by atoms with van der Waals surface area (Å²) in [7, 11) is 0. The van der Waals surface area contributed by atoms with E-state index in [9.17, 15) is 0 Å². The van der Waals surface area contributed by atoms with Gasteiger partial charge in [-0.3, -0.25) is 0 Å². The molecule has 0 fully saturated rings. The van der Waals surface area contributed by atoms with Crippen LogP contribution in [0.2, 0.25) is 0 Å². The van der Waals surface area contributed by atoms with Crippen LogP contribution in [0.15, 0.2) is 12.3 Å². The van der Waals surface area contributed by atoms with Crippen LogP contribution in [0.1, 0.15) is 22.1 Å². The van der Waals surface area contributed by atoms with Gasteiger partial charge in [-0.2, -0.15) is 0 Å². The number of nitrogens with one attached hydrogen (secondary N) is 1. The Kier molecular flexibility index (Phi) is 3.14. The first-order chi connectivity index (χ1) is 7.65. The van der Waals surface area contributed by atoms with E-state index < -0.39 is 0 Å². The molecule has 4 nitrogen and oxygen atoms in total. The molecular formula is C11H14N4S. The van der Waals surface area contributed by atoms with Crippen molar-refractivity contribution in [1.29, 1.82) is 0 Å². The van der Waals surface area contributed by atoms with E-state index in [2.05, 4.69) is 27.2 Å². The predicted molar refractivity (Wildman–Crippen MR) is 65.7 cm³/mol. The number of nitrogens with zero attached hydrogens (tertiary/aromatic N) is 3. The Balaban J connectivity index is 2.02. The number of hydrogen-bond acceptors (Lipinski definition) is 5. The molecule has 5 heteroatoms. The van der Waals surface area contributed by atoms with Gasteiger partial charge < -0.3 is 5.32 Å². The Morgan fingerprint density at radius 3 is 2.69 bits per heavy atom. The second-order valence-corrected chi connectivity index (χ2v) is 4.81. The second kappa shape index (κ2) is 4.57. The molecule has 0 aromatic carbocycles. The van der Waals surface area contributed by atoms with Crippen LogP contribution in [0, 0.1) is 20.8 Å². The minimum atomic E-state index is 0.690. The number of hydrogen-bond donors (Lipinski definition) is 1. The first-order valence-corrected chi connectivity index (χ1v) is 5.93. The summed E-state index contributed by atoms with van der Waals surface area (Å²) in [6.45, 7) is 6.68. The average Bonchev–Trinajstić information content (AvgIpc) is 2.56. The minimum absolute atomic E-state index is 0.690. The molecule has 84 valence electrons. The van der Waals surface area contributed by atoms with Crippen LogP contribution in [0.25, 0.3) is 0 Å². The van der Waals surface area contributed by atoms with Gasteiger partial charge in [-0.1, -0.05) is 0 Å². The molecule has 0 atom stereocenters. The number of anilines is 1. The normalized spacial score (nSPS) is 10.4. The van der Waals surface area contributed by atoms with E-state index in [0.717, 1.165) is 22.3 Å². The van der Waals surface area contributed by atoms with Crippen molar-refractivity contribution >= 4 is 16.5 Å². The molecule has 0 amide bonds. The Labute approximate surface area is 98.8 Å². The van der Waals surface area contributed by atoms with Crippen LogP contribution in [0.3, 0.4) is 0 Å². The summed E-state index contributed by atoms with van der Waals surface area (Å²) in [4.78, 5) is 14.0. The van der Waals surface area contributed by atoms with Gasteiger partial charge in [0.2, 0.25) is 0 Å². The van der Waals surface area contributed by atoms with Gasteiger partial charge in [0.1, 0.15) is 5.82 Å². The molecule has 2 aromatic heterocycles. The number of rotatable bonds is 3. The maximum Gasteiger partial charge on any atom is 0.183 e. The minimum Gasteiger partial charge on any atom is -0.356 e. The fourth-order valence-electron chi connectivity index (χ4n) is 1.32. The lowest BCUT2D eigenvalue weighted by molar-refractivity contribution is 0.952. The lowest BCUT2D eigenvalue weighted by Crippen LogP contribution is -2.02. The topological polar surface area (TPSA) is 50.7 Å². The Hall–Kier alpha value is -1.49. The predicted octanol–water partition coefficient (Wildman–Crippen LogP) is 2.47. The maximum absolute atomic E-state index is 4.41. The van der Waals surface area contributed by atoms with Gasteiger partial charge in [-0.05, 0) is 26.8 Å². The molecule has 2 rings (SSSR count). The van der Waals surface area contributed by atoms with Crippen molar-refractivity contribution in [3.05, 3.63) is 34.4 Å². The van der Waals surface area contributed by atoms with Crippen molar-refractivity contribution in [2.75, 3.05) is 5.32 Å². The summed E-state index contributed by atoms with van der Waals surface area (Å²) >= 11 is 1.67. The average molecular weight is 234 g/mol. The molecule has 0 aliphatic heterocycles. The van der Waals surface area contributed by atoms with Gasteiger partial charge in [0, 0.05) is 11.1 Å². The van der Waals surface area contributed by atoms with Crippen molar-refractivity contribution < 1.29 is 0 Å². The molecule has 0 saturated carbocycles. The second-order valence-electron chi connectivity index (χ2n) is 3.61. The van der Waals surface area contributed by atoms with E-state index in [1.807, 2.05) is 19.9 Å². The van der Waals surface area contributed by atoms with E-state index in [0.29, 0.717) is 6.54 Å². The van der Waals surface area contributed by atoms with Crippen molar-refractivity contribution in [3.63, 3.8) is 0 Å². The molecule has 16 heavy (non-hydrogen) atoms. The molecular weight excluding hydrogens is 220 g/mol. The largest absolute Gasteiger partial charge is 0.356 e. The monoisotopic (exact) mass is 234 g/mol. The van der Waals surface area contributed by atoms with Gasteiger partial charge in [0.15, 0.2) is 5.13 Å². The zero-order valence-corrected chi connectivity index (χ0v) is 10.4. The Bertz CT molecular complexity index is 473. The molecule has 0 radical (unpaired) electrons. The first kappa shape index (κ1) is 11.0. The zero-order valence-electron chi connectivity index (χ0n) is 9.61. The lowest BCUT2D eigenvalue weighted by Gasteiger charge is -2.02. The SMILES string of the molecule is Cc1nccc(CNc2nc(C)c(C)s2)n1. The number of aromatic nitrogens is 3. The van der Waals surface area contributed by atoms with E-state index in [1.165, 1.54) is 4.88 Å². The fraction of sp³-hybridized carbons (Fsp3) is 0.364. The van der Waals surface area contributed by atoms with Gasteiger partial charge in [0.05, 0.1) is 17.9 Å². The molecule has 0 unspecified atom stereocenters. The molecule has 0 saturated heterocycles. The molecule has 2 aromatic rings. The van der Waals surface area contributed by atoms with E-state index in [1.54, 1.807) is 17.5 Å². The van der Waals surface area contributed by atoms with Gasteiger partial charge >= 0.3 is 0 Å². The smallest absolute Gasteiger partial charge is 0.183 e. The van der Waals surface area contributed by atoms with E-state index >= 15 is 0 Å². The summed E-state index contributed by atoms with van der Waals surface area (Å²) in [6, 6.07) is 1.91. The van der Waals surface area contributed by atoms with Crippen molar-refractivity contribution in [2.24, 2.45) is 0 Å². The van der Waals surface area contributed by atoms with Crippen LogP contribution >= 0.6 is 11.3 Å². The van der Waals surface area contributed by atoms with Crippen molar-refractivity contribution in [3.8, 4) is 0 Å². The summed E-state index contributed by atoms with van der Waals surface area (Å²) in [5.41, 5.74) is 2.07. The first-order valence-electron chi connectivity index (χ1n) is 5.11. The van der Waals surface area contributed by atoms with Crippen LogP contribution < -0.4 is 5.32 Å². The highest BCUT2D eigenvalue weighted by atomic mass is 32.1. The summed E-state index contributed by atoms with van der Waals surface area (Å²) in [6.07, 6.45) is 1.78. The third kappa shape index (κ3) is 2.55. The highest BCUT2D eigenvalue weighted by molar-refractivity contribution is 7.15. The molecule has 2 heterocycles. The summed E-state index contributed by atoms with van der Waals surface area (Å²) in [5, 5.41) is 4.22. The maximum atomic E-state index is 4.41. The Morgan fingerprint density at radius 1 is 1.25 bits per heavy atom. The molecule has 1 N–H and O–H groups in total. The molecule has 0 aliphatic rings. The molecule has 0 spiro atoms. The standard InChI is InChI=1S/C11H14N4S/c1-7-8(2)16-11(14-7)13-6-10-4-5-12-9(3)15-10/h4-5H,6H2,1-3H3,(H,13,14). The van der Waals surface area contributed by atoms with Crippen molar-refractivity contribution in [2.45, 2.75) is 27.3 Å². The quantitative estimate of drug-likeness (QED) is 0.886. The van der Waals surface area contributed by atoms with Crippen LogP contribution in [-0.2, 0) is 6.54 Å². The third-order valence-electron chi connectivity index (χ3n) is 2.28. The van der Waals surface area contributed by atoms with E-state index in [4.69, 9.17) is 0 Å². The van der Waals surface area contributed by atoms with Crippen LogP contribution in [-0.4, -0.2) is 15.0 Å². The highest BCUT2D eigenvalue weighted by Gasteiger charge is 2.03. The zero-order chi connectivity index (χ0) is 11.5. The van der Waals surface area contributed by atoms with Crippen LogP contribution in [0.5, 0.6) is 0 Å². The molecule has 0 aliphatic carbocycles. The highest BCUT2D eigenvalue weighted by Crippen LogP contribution is 2.21. The lowest BCUT2D eigenvalue weighted by atomic mass is 10.4. The summed E-state index contributed by atoms with van der Waals surface area (Å²) < 4.78 is 0. The Morgan fingerprint density at radius 2 is 2.06 bits per heavy atom. The number of thiazole rings is 1. The van der Waals surface area contributed by atoms with Gasteiger partial charge in [0.25, 0.3) is 0 Å². The summed E-state index contributed by atoms with van der Waals surface area (Å²) in [5.74, 6) is 0.797. The van der Waals surface area contributed by atoms with Gasteiger partial charge in [-0.15, -0.1) is 11.3 Å². The van der Waals surface area contributed by atoms with E-state index in [-0.39, 0.29) is 0 Å². The van der Waals surface area contributed by atoms with Crippen molar-refractivity contribution in [1.82, 2.24) is 15.0 Å². The third-order valence-corrected chi connectivity index (χ3v) is 3.31. The van der Waals surface area contributed by atoms with Gasteiger partial charge in [-0.25, -0.2) is 15.0 Å².